The van der Waals surface area contributed by atoms with E-state index in [1.165, 1.54) is 0 Å². The fraction of sp³-hybridized carbons (Fsp3) is 0.467. The van der Waals surface area contributed by atoms with Crippen molar-refractivity contribution in [3.05, 3.63) is 29.3 Å². The number of hydrogen-bond acceptors (Lipinski definition) is 3. The van der Waals surface area contributed by atoms with Crippen molar-refractivity contribution >= 4 is 5.91 Å². The molecule has 19 heavy (non-hydrogen) atoms. The Hall–Kier alpha value is -2.02. The highest BCUT2D eigenvalue weighted by Gasteiger charge is 2.23. The van der Waals surface area contributed by atoms with Gasteiger partial charge in [-0.25, -0.2) is 0 Å². The second-order valence-corrected chi connectivity index (χ2v) is 4.92. The lowest BCUT2D eigenvalue weighted by Crippen LogP contribution is -2.40. The predicted molar refractivity (Wildman–Crippen MR) is 73.7 cm³/mol. The number of hydrogen-bond donors (Lipinski definition) is 1. The van der Waals surface area contributed by atoms with Crippen LogP contribution in [0.3, 0.4) is 0 Å². The van der Waals surface area contributed by atoms with Crippen LogP contribution in [-0.4, -0.2) is 12.5 Å². The van der Waals surface area contributed by atoms with Gasteiger partial charge in [0.25, 0.3) is 0 Å². The highest BCUT2D eigenvalue weighted by Crippen LogP contribution is 2.26. The molecule has 1 N–H and O–H groups in total. The van der Waals surface area contributed by atoms with Crippen LogP contribution in [0, 0.1) is 18.3 Å². The van der Waals surface area contributed by atoms with Crippen LogP contribution >= 0.6 is 0 Å². The highest BCUT2D eigenvalue weighted by molar-refractivity contribution is 5.79. The molecule has 0 saturated heterocycles. The van der Waals surface area contributed by atoms with Crippen LogP contribution in [0.25, 0.3) is 0 Å². The van der Waals surface area contributed by atoms with E-state index < -0.39 is 5.54 Å². The zero-order chi connectivity index (χ0) is 14.5. The van der Waals surface area contributed by atoms with E-state index in [1.807, 2.05) is 52.0 Å². The third kappa shape index (κ3) is 3.99. The van der Waals surface area contributed by atoms with E-state index in [-0.39, 0.29) is 12.3 Å². The van der Waals surface area contributed by atoms with E-state index >= 15 is 0 Å². The zero-order valence-corrected chi connectivity index (χ0v) is 11.9. The van der Waals surface area contributed by atoms with Gasteiger partial charge in [-0.2, -0.15) is 5.26 Å². The Bertz CT molecular complexity index is 501. The predicted octanol–water partition coefficient (Wildman–Crippen LogP) is 2.66. The first-order valence-electron chi connectivity index (χ1n) is 6.32. The molecule has 1 amide bonds. The van der Waals surface area contributed by atoms with E-state index in [4.69, 9.17) is 10.00 Å². The molecular formula is C15H20N2O2. The van der Waals surface area contributed by atoms with Gasteiger partial charge in [0.15, 0.2) is 0 Å². The van der Waals surface area contributed by atoms with Crippen molar-refractivity contribution in [2.45, 2.75) is 39.7 Å². The van der Waals surface area contributed by atoms with Gasteiger partial charge < -0.3 is 10.1 Å². The summed E-state index contributed by atoms with van der Waals surface area (Å²) in [6.07, 6.45) is -0.126. The number of carbonyl (C=O) groups excluding carboxylic acids is 1. The molecule has 0 aromatic heterocycles. The molecule has 0 radical (unpaired) electrons. The molecule has 0 heterocycles. The van der Waals surface area contributed by atoms with Gasteiger partial charge in [-0.3, -0.25) is 4.79 Å². The number of benzene rings is 1. The summed E-state index contributed by atoms with van der Waals surface area (Å²) >= 11 is 0. The smallest absolute Gasteiger partial charge is 0.234 e. The Kier molecular flexibility index (Phi) is 4.94. The molecule has 1 aromatic rings. The van der Waals surface area contributed by atoms with Crippen LogP contribution in [0.2, 0.25) is 0 Å². The molecule has 4 nitrogen and oxygen atoms in total. The largest absolute Gasteiger partial charge is 0.494 e. The molecule has 4 heteroatoms. The van der Waals surface area contributed by atoms with Gasteiger partial charge in [0.1, 0.15) is 12.2 Å². The number of nitrogens with zero attached hydrogens (tertiary/aromatic N) is 1. The molecule has 0 atom stereocenters. The normalized spacial score (nSPS) is 10.7. The number of nitrogens with one attached hydrogen (secondary N) is 1. The van der Waals surface area contributed by atoms with Crippen molar-refractivity contribution in [3.63, 3.8) is 0 Å². The zero-order valence-electron chi connectivity index (χ0n) is 11.9. The average molecular weight is 260 g/mol. The quantitative estimate of drug-likeness (QED) is 0.885. The molecular weight excluding hydrogens is 240 g/mol. The van der Waals surface area contributed by atoms with E-state index in [2.05, 4.69) is 5.32 Å². The molecule has 0 spiro atoms. The van der Waals surface area contributed by atoms with Crippen molar-refractivity contribution in [2.24, 2.45) is 0 Å². The second kappa shape index (κ2) is 6.24. The second-order valence-electron chi connectivity index (χ2n) is 4.92. The van der Waals surface area contributed by atoms with Gasteiger partial charge in [-0.15, -0.1) is 0 Å². The summed E-state index contributed by atoms with van der Waals surface area (Å²) in [5.41, 5.74) is 1.50. The van der Waals surface area contributed by atoms with Gasteiger partial charge in [0, 0.05) is 0 Å². The van der Waals surface area contributed by atoms with E-state index in [1.54, 1.807) is 0 Å². The minimum atomic E-state index is -0.510. The van der Waals surface area contributed by atoms with Gasteiger partial charge in [0.2, 0.25) is 5.91 Å². The van der Waals surface area contributed by atoms with Crippen molar-refractivity contribution in [2.75, 3.05) is 6.61 Å². The Balaban J connectivity index is 2.92. The molecule has 0 unspecified atom stereocenters. The molecule has 0 fully saturated rings. The molecule has 0 aliphatic heterocycles. The molecule has 0 aliphatic carbocycles. The Morgan fingerprint density at radius 1 is 1.47 bits per heavy atom. The van der Waals surface area contributed by atoms with E-state index in [0.29, 0.717) is 6.61 Å². The Morgan fingerprint density at radius 3 is 2.68 bits per heavy atom. The number of aryl methyl sites for hydroxylation is 1. The van der Waals surface area contributed by atoms with Crippen molar-refractivity contribution in [1.29, 1.82) is 5.26 Å². The maximum Gasteiger partial charge on any atom is 0.234 e. The van der Waals surface area contributed by atoms with Crippen LogP contribution in [0.15, 0.2) is 18.2 Å². The molecule has 0 saturated carbocycles. The van der Waals surface area contributed by atoms with Crippen LogP contribution < -0.4 is 10.1 Å². The first kappa shape index (κ1) is 15.0. The molecule has 1 aromatic carbocycles. The molecule has 102 valence electrons. The lowest BCUT2D eigenvalue weighted by molar-refractivity contribution is -0.121. The molecule has 0 aliphatic rings. The van der Waals surface area contributed by atoms with Crippen LogP contribution in [0.4, 0.5) is 0 Å². The van der Waals surface area contributed by atoms with Crippen molar-refractivity contribution in [1.82, 2.24) is 5.32 Å². The number of nitriles is 1. The monoisotopic (exact) mass is 260 g/mol. The minimum Gasteiger partial charge on any atom is -0.494 e. The maximum absolute atomic E-state index is 11.5. The summed E-state index contributed by atoms with van der Waals surface area (Å²) in [5.74, 6) is 0.587. The number of rotatable bonds is 5. The molecule has 0 bridgehead atoms. The van der Waals surface area contributed by atoms with Gasteiger partial charge in [0.05, 0.1) is 18.2 Å². The summed E-state index contributed by atoms with van der Waals surface area (Å²) in [6.45, 7) is 8.37. The summed E-state index contributed by atoms with van der Waals surface area (Å²) < 4.78 is 5.49. The summed E-state index contributed by atoms with van der Waals surface area (Å²) in [6, 6.07) is 7.69. The Labute approximate surface area is 114 Å². The van der Waals surface area contributed by atoms with Gasteiger partial charge in [-0.1, -0.05) is 12.1 Å². The van der Waals surface area contributed by atoms with Crippen molar-refractivity contribution < 1.29 is 9.53 Å². The topological polar surface area (TPSA) is 62.1 Å². The summed E-state index contributed by atoms with van der Waals surface area (Å²) in [7, 11) is 0. The summed E-state index contributed by atoms with van der Waals surface area (Å²) in [5, 5.41) is 11.4. The standard InChI is InChI=1S/C15H20N2O2/c1-5-19-13-7-6-12(10-11(13)2)15(3,4)17-14(18)8-9-16/h6-7,10H,5,8H2,1-4H3,(H,17,18). The number of carbonyl (C=O) groups is 1. The third-order valence-electron chi connectivity index (χ3n) is 2.89. The van der Waals surface area contributed by atoms with E-state index in [9.17, 15) is 4.79 Å². The lowest BCUT2D eigenvalue weighted by Gasteiger charge is -2.27. The fourth-order valence-electron chi connectivity index (χ4n) is 1.89. The van der Waals surface area contributed by atoms with Gasteiger partial charge >= 0.3 is 0 Å². The fourth-order valence-corrected chi connectivity index (χ4v) is 1.89. The van der Waals surface area contributed by atoms with Crippen molar-refractivity contribution in [3.8, 4) is 11.8 Å². The number of amides is 1. The first-order valence-corrected chi connectivity index (χ1v) is 6.32. The maximum atomic E-state index is 11.5. The SMILES string of the molecule is CCOc1ccc(C(C)(C)NC(=O)CC#N)cc1C. The highest BCUT2D eigenvalue weighted by atomic mass is 16.5. The third-order valence-corrected chi connectivity index (χ3v) is 2.89. The van der Waals surface area contributed by atoms with Crippen LogP contribution in [0.5, 0.6) is 5.75 Å². The van der Waals surface area contributed by atoms with Crippen LogP contribution in [0.1, 0.15) is 38.3 Å². The van der Waals surface area contributed by atoms with Gasteiger partial charge in [-0.05, 0) is 44.9 Å². The molecule has 1 rings (SSSR count). The minimum absolute atomic E-state index is 0.126. The average Bonchev–Trinajstić information content (AvgIpc) is 2.31. The van der Waals surface area contributed by atoms with Crippen LogP contribution in [-0.2, 0) is 10.3 Å². The summed E-state index contributed by atoms with van der Waals surface area (Å²) in [4.78, 5) is 11.5. The van der Waals surface area contributed by atoms with E-state index in [0.717, 1.165) is 16.9 Å². The lowest BCUT2D eigenvalue weighted by atomic mass is 9.92. The number of ether oxygens (including phenoxy) is 1. The first-order chi connectivity index (χ1) is 8.90. The Morgan fingerprint density at radius 2 is 2.16 bits per heavy atom.